The lowest BCUT2D eigenvalue weighted by molar-refractivity contribution is -0.137. The number of fused-ring (bicyclic) bond motifs is 1. The van der Waals surface area contributed by atoms with Crippen molar-refractivity contribution in [3.05, 3.63) is 77.4 Å². The van der Waals surface area contributed by atoms with Gasteiger partial charge in [0.2, 0.25) is 16.8 Å². The summed E-state index contributed by atoms with van der Waals surface area (Å²) >= 11 is 0. The van der Waals surface area contributed by atoms with Gasteiger partial charge in [0.05, 0.1) is 15.9 Å². The summed E-state index contributed by atoms with van der Waals surface area (Å²) < 4.78 is 75.4. The molecule has 2 aliphatic rings. The van der Waals surface area contributed by atoms with Crippen molar-refractivity contribution >= 4 is 15.8 Å². The topological polar surface area (TPSA) is 95.7 Å². The number of benzene rings is 3. The lowest BCUT2D eigenvalue weighted by atomic mass is 9.87. The van der Waals surface area contributed by atoms with Crippen LogP contribution in [0.1, 0.15) is 29.5 Å². The van der Waals surface area contributed by atoms with E-state index in [9.17, 15) is 26.4 Å². The number of carbonyl (C=O) groups is 1. The van der Waals surface area contributed by atoms with Crippen LogP contribution < -0.4 is 14.6 Å². The summed E-state index contributed by atoms with van der Waals surface area (Å²) in [4.78, 5) is 13.0. The van der Waals surface area contributed by atoms with E-state index in [1.54, 1.807) is 18.2 Å². The van der Waals surface area contributed by atoms with E-state index >= 15 is 0 Å². The van der Waals surface area contributed by atoms with Gasteiger partial charge in [-0.05, 0) is 65.4 Å². The van der Waals surface area contributed by atoms with Crippen LogP contribution in [0.2, 0.25) is 0 Å². The van der Waals surface area contributed by atoms with Crippen LogP contribution in [0.15, 0.2) is 65.6 Å². The molecule has 182 valence electrons. The van der Waals surface area contributed by atoms with E-state index in [4.69, 9.17) is 14.6 Å². The molecule has 3 aromatic carbocycles. The summed E-state index contributed by atoms with van der Waals surface area (Å²) in [5, 5.41) is 5.07. The number of sulfonamides is 1. The number of rotatable bonds is 6. The number of nitrogens with two attached hydrogens (primary N) is 1. The molecule has 1 heterocycles. The van der Waals surface area contributed by atoms with Gasteiger partial charge < -0.3 is 9.47 Å². The van der Waals surface area contributed by atoms with E-state index in [2.05, 4.69) is 0 Å². The maximum Gasteiger partial charge on any atom is 0.417 e. The molecule has 3 aromatic rings. The molecule has 35 heavy (non-hydrogen) atoms. The fourth-order valence-corrected chi connectivity index (χ4v) is 4.93. The Morgan fingerprint density at radius 2 is 1.63 bits per heavy atom. The first-order valence-electron chi connectivity index (χ1n) is 10.7. The van der Waals surface area contributed by atoms with Gasteiger partial charge in [-0.2, -0.15) is 13.2 Å². The van der Waals surface area contributed by atoms with Gasteiger partial charge >= 0.3 is 6.18 Å². The van der Waals surface area contributed by atoms with Gasteiger partial charge in [0, 0.05) is 6.42 Å². The quantitative estimate of drug-likeness (QED) is 0.531. The average molecular weight is 503 g/mol. The van der Waals surface area contributed by atoms with E-state index in [1.165, 1.54) is 24.3 Å². The van der Waals surface area contributed by atoms with Crippen molar-refractivity contribution in [1.82, 2.24) is 0 Å². The van der Waals surface area contributed by atoms with Crippen molar-refractivity contribution in [2.75, 3.05) is 6.79 Å². The molecule has 1 aliphatic carbocycles. The van der Waals surface area contributed by atoms with Crippen molar-refractivity contribution in [1.29, 1.82) is 0 Å². The highest BCUT2D eigenvalue weighted by Gasteiger charge is 2.51. The molecule has 0 amide bonds. The molecule has 6 nitrogen and oxygen atoms in total. The molecule has 0 aromatic heterocycles. The number of hydrogen-bond donors (Lipinski definition) is 1. The Labute approximate surface area is 199 Å². The third-order valence-electron chi connectivity index (χ3n) is 6.46. The Hall–Kier alpha value is -3.37. The van der Waals surface area contributed by atoms with Crippen molar-refractivity contribution < 1.29 is 35.9 Å². The van der Waals surface area contributed by atoms with Gasteiger partial charge in [-0.1, -0.05) is 30.3 Å². The number of Topliss-reactive ketones (excluding diaryl/α,β-unsaturated/α-hetero) is 1. The smallest absolute Gasteiger partial charge is 0.417 e. The molecular formula is C25H20F3NO5S. The second-order valence-electron chi connectivity index (χ2n) is 8.70. The van der Waals surface area contributed by atoms with E-state index in [1.807, 2.05) is 0 Å². The average Bonchev–Trinajstić information content (AvgIpc) is 3.49. The van der Waals surface area contributed by atoms with Gasteiger partial charge in [0.15, 0.2) is 11.5 Å². The van der Waals surface area contributed by atoms with E-state index in [0.717, 1.165) is 23.8 Å². The maximum absolute atomic E-state index is 13.9. The Bertz CT molecular complexity index is 1430. The van der Waals surface area contributed by atoms with Crippen LogP contribution in [0.4, 0.5) is 13.2 Å². The molecule has 0 spiro atoms. The normalized spacial score (nSPS) is 16.2. The molecular weight excluding hydrogens is 483 g/mol. The highest BCUT2D eigenvalue weighted by Crippen LogP contribution is 2.51. The molecule has 2 N–H and O–H groups in total. The van der Waals surface area contributed by atoms with E-state index in [-0.39, 0.29) is 40.6 Å². The summed E-state index contributed by atoms with van der Waals surface area (Å²) in [6.07, 6.45) is -3.60. The first-order valence-corrected chi connectivity index (χ1v) is 12.3. The van der Waals surface area contributed by atoms with Crippen LogP contribution in [-0.4, -0.2) is 21.0 Å². The monoisotopic (exact) mass is 503 g/mol. The largest absolute Gasteiger partial charge is 0.454 e. The van der Waals surface area contributed by atoms with Crippen LogP contribution in [0.3, 0.4) is 0 Å². The minimum atomic E-state index is -4.68. The van der Waals surface area contributed by atoms with Crippen molar-refractivity contribution in [3.8, 4) is 22.6 Å². The van der Waals surface area contributed by atoms with Crippen molar-refractivity contribution in [2.45, 2.75) is 35.7 Å². The number of ketones is 1. The second-order valence-corrected chi connectivity index (χ2v) is 10.3. The van der Waals surface area contributed by atoms with Gasteiger partial charge in [0.1, 0.15) is 5.78 Å². The van der Waals surface area contributed by atoms with Gasteiger partial charge in [-0.25, -0.2) is 13.6 Å². The summed E-state index contributed by atoms with van der Waals surface area (Å²) in [5.41, 5.74) is -0.553. The molecule has 10 heteroatoms. The fraction of sp³-hybridized carbons (Fsp3) is 0.240. The summed E-state index contributed by atoms with van der Waals surface area (Å²) in [6, 6.07) is 13.9. The molecule has 1 fully saturated rings. The third-order valence-corrected chi connectivity index (χ3v) is 7.39. The van der Waals surface area contributed by atoms with Crippen LogP contribution in [0, 0.1) is 0 Å². The minimum Gasteiger partial charge on any atom is -0.454 e. The molecule has 1 saturated carbocycles. The highest BCUT2D eigenvalue weighted by atomic mass is 32.2. The summed E-state index contributed by atoms with van der Waals surface area (Å²) in [7, 11) is -3.97. The molecule has 5 rings (SSSR count). The van der Waals surface area contributed by atoms with Crippen LogP contribution in [-0.2, 0) is 32.8 Å². The Balaban J connectivity index is 1.44. The third kappa shape index (κ3) is 4.39. The fourth-order valence-electron chi connectivity index (χ4n) is 4.41. The highest BCUT2D eigenvalue weighted by molar-refractivity contribution is 7.89. The molecule has 1 aliphatic heterocycles. The Morgan fingerprint density at radius 3 is 2.26 bits per heavy atom. The van der Waals surface area contributed by atoms with E-state index in [0.29, 0.717) is 24.3 Å². The zero-order valence-corrected chi connectivity index (χ0v) is 19.1. The van der Waals surface area contributed by atoms with Crippen LogP contribution in [0.5, 0.6) is 11.5 Å². The van der Waals surface area contributed by atoms with Crippen LogP contribution in [0.25, 0.3) is 11.1 Å². The van der Waals surface area contributed by atoms with Gasteiger partial charge in [-0.3, -0.25) is 4.79 Å². The van der Waals surface area contributed by atoms with Gasteiger partial charge in [-0.15, -0.1) is 0 Å². The number of alkyl halides is 3. The van der Waals surface area contributed by atoms with Crippen molar-refractivity contribution in [3.63, 3.8) is 0 Å². The number of ether oxygens (including phenoxy) is 2. The Morgan fingerprint density at radius 1 is 0.943 bits per heavy atom. The number of carbonyl (C=O) groups excluding carboxylic acids is 1. The van der Waals surface area contributed by atoms with Crippen LogP contribution >= 0.6 is 0 Å². The molecule has 0 radical (unpaired) electrons. The number of primary sulfonamides is 1. The zero-order chi connectivity index (χ0) is 25.0. The second kappa shape index (κ2) is 8.10. The SMILES string of the molecule is NS(=O)(=O)c1ccc(-c2ccc(CC(=O)C3(c4ccc5c(c4)OCO5)CC3)cc2C(F)(F)F)cc1. The summed E-state index contributed by atoms with van der Waals surface area (Å²) in [6.45, 7) is 0.108. The van der Waals surface area contributed by atoms with E-state index < -0.39 is 27.2 Å². The predicted molar refractivity (Wildman–Crippen MR) is 120 cm³/mol. The lowest BCUT2D eigenvalue weighted by Gasteiger charge is -2.18. The predicted octanol–water partition coefficient (Wildman–Crippen LogP) is 4.59. The Kier molecular flexibility index (Phi) is 5.41. The minimum absolute atomic E-state index is 0.108. The molecule has 0 unspecified atom stereocenters. The number of halogens is 3. The molecule has 0 bridgehead atoms. The zero-order valence-electron chi connectivity index (χ0n) is 18.3. The number of hydrogen-bond acceptors (Lipinski definition) is 5. The first-order chi connectivity index (χ1) is 16.5. The maximum atomic E-state index is 13.9. The standard InChI is InChI=1S/C25H20F3NO5S/c26-25(27,28)20-11-15(1-7-19(20)16-2-5-18(6-3-16)35(29,31)32)12-23(30)24(9-10-24)17-4-8-21-22(13-17)34-14-33-21/h1-8,11,13H,9-10,12,14H2,(H2,29,31,32). The molecule has 0 atom stereocenters. The van der Waals surface area contributed by atoms with Gasteiger partial charge in [0.25, 0.3) is 0 Å². The summed E-state index contributed by atoms with van der Waals surface area (Å²) in [5.74, 6) is 0.994. The van der Waals surface area contributed by atoms with Crippen molar-refractivity contribution in [2.24, 2.45) is 5.14 Å². The molecule has 0 saturated heterocycles. The first kappa shape index (κ1) is 23.4. The lowest BCUT2D eigenvalue weighted by Crippen LogP contribution is -2.22.